The maximum atomic E-state index is 12.9. The number of hydrogen-bond donors (Lipinski definition) is 0. The van der Waals surface area contributed by atoms with Crippen LogP contribution in [0.2, 0.25) is 0 Å². The lowest BCUT2D eigenvalue weighted by atomic mass is 10.2. The smallest absolute Gasteiger partial charge is 0.291 e. The van der Waals surface area contributed by atoms with E-state index >= 15 is 0 Å². The third kappa shape index (κ3) is 3.43. The molecule has 154 valence electrons. The highest BCUT2D eigenvalue weighted by Gasteiger charge is 2.14. The van der Waals surface area contributed by atoms with Gasteiger partial charge in [-0.3, -0.25) is 4.79 Å². The van der Waals surface area contributed by atoms with Crippen molar-refractivity contribution in [2.45, 2.75) is 0 Å². The molecule has 2 aromatic heterocycles. The van der Waals surface area contributed by atoms with E-state index in [0.29, 0.717) is 38.3 Å². The van der Waals surface area contributed by atoms with Crippen LogP contribution in [0.15, 0.2) is 41.2 Å². The molecule has 8 nitrogen and oxygen atoms in total. The molecule has 0 amide bonds. The number of thiazole rings is 1. The van der Waals surface area contributed by atoms with E-state index in [1.165, 1.54) is 15.9 Å². The lowest BCUT2D eigenvalue weighted by molar-refractivity contribution is 0.355. The van der Waals surface area contributed by atoms with Gasteiger partial charge in [-0.25, -0.2) is 0 Å². The van der Waals surface area contributed by atoms with Gasteiger partial charge in [0.2, 0.25) is 4.96 Å². The standard InChI is InChI=1S/C21H19N3O5S/c1-26-14-7-5-12(16(11-14)28-3)10-18-20(25)24-21(30-18)22-19(23-24)13-6-8-15(27-2)17(9-13)29-4/h5-11H,1-4H3/b18-10-. The fourth-order valence-electron chi connectivity index (χ4n) is 3.01. The lowest BCUT2D eigenvalue weighted by Crippen LogP contribution is -2.23. The Bertz CT molecular complexity index is 1330. The summed E-state index contributed by atoms with van der Waals surface area (Å²) >= 11 is 1.26. The minimum atomic E-state index is -0.243. The Labute approximate surface area is 175 Å². The molecule has 0 aliphatic carbocycles. The van der Waals surface area contributed by atoms with Gasteiger partial charge in [-0.1, -0.05) is 11.3 Å². The van der Waals surface area contributed by atoms with Crippen LogP contribution in [0.3, 0.4) is 0 Å². The average molecular weight is 425 g/mol. The Balaban J connectivity index is 1.77. The van der Waals surface area contributed by atoms with Gasteiger partial charge in [0, 0.05) is 17.2 Å². The molecule has 0 atom stereocenters. The van der Waals surface area contributed by atoms with E-state index in [1.807, 2.05) is 18.2 Å². The van der Waals surface area contributed by atoms with E-state index in [-0.39, 0.29) is 5.56 Å². The second-order valence-electron chi connectivity index (χ2n) is 6.22. The number of benzene rings is 2. The summed E-state index contributed by atoms with van der Waals surface area (Å²) in [4.78, 5) is 17.9. The highest BCUT2D eigenvalue weighted by atomic mass is 32.1. The van der Waals surface area contributed by atoms with E-state index in [9.17, 15) is 4.79 Å². The molecule has 2 aromatic carbocycles. The molecule has 4 aromatic rings. The summed E-state index contributed by atoms with van der Waals surface area (Å²) in [6.07, 6.45) is 1.76. The van der Waals surface area contributed by atoms with Crippen molar-refractivity contribution >= 4 is 22.4 Å². The normalized spacial score (nSPS) is 11.7. The van der Waals surface area contributed by atoms with Crippen molar-refractivity contribution in [2.24, 2.45) is 0 Å². The highest BCUT2D eigenvalue weighted by molar-refractivity contribution is 7.15. The van der Waals surface area contributed by atoms with Gasteiger partial charge in [-0.05, 0) is 36.4 Å². The molecule has 2 heterocycles. The average Bonchev–Trinajstić information content (AvgIpc) is 3.32. The Hall–Kier alpha value is -3.59. The molecule has 4 rings (SSSR count). The monoisotopic (exact) mass is 425 g/mol. The van der Waals surface area contributed by atoms with Crippen molar-refractivity contribution in [3.05, 3.63) is 56.8 Å². The zero-order valence-electron chi connectivity index (χ0n) is 16.8. The molecule has 0 N–H and O–H groups in total. The first kappa shape index (κ1) is 19.7. The van der Waals surface area contributed by atoms with Crippen molar-refractivity contribution in [1.29, 1.82) is 0 Å². The summed E-state index contributed by atoms with van der Waals surface area (Å²) in [6, 6.07) is 10.8. The zero-order valence-corrected chi connectivity index (χ0v) is 17.6. The molecule has 0 aliphatic heterocycles. The van der Waals surface area contributed by atoms with Gasteiger partial charge in [0.1, 0.15) is 11.5 Å². The SMILES string of the molecule is COc1ccc(/C=c2\sc3nc(-c4ccc(OC)c(OC)c4)nn3c2=O)c(OC)c1. The highest BCUT2D eigenvalue weighted by Crippen LogP contribution is 2.31. The van der Waals surface area contributed by atoms with Gasteiger partial charge in [-0.2, -0.15) is 9.50 Å². The summed E-state index contributed by atoms with van der Waals surface area (Å²) in [5, 5.41) is 4.38. The fraction of sp³-hybridized carbons (Fsp3) is 0.190. The van der Waals surface area contributed by atoms with Crippen LogP contribution < -0.4 is 29.0 Å². The zero-order chi connectivity index (χ0) is 21.3. The third-order valence-electron chi connectivity index (χ3n) is 4.55. The van der Waals surface area contributed by atoms with Gasteiger partial charge in [0.15, 0.2) is 17.3 Å². The first-order valence-electron chi connectivity index (χ1n) is 8.93. The number of rotatable bonds is 6. The minimum Gasteiger partial charge on any atom is -0.497 e. The van der Waals surface area contributed by atoms with Crippen LogP contribution in [0.25, 0.3) is 22.4 Å². The summed E-state index contributed by atoms with van der Waals surface area (Å²) in [5.41, 5.74) is 1.25. The molecule has 9 heteroatoms. The van der Waals surface area contributed by atoms with Crippen molar-refractivity contribution < 1.29 is 18.9 Å². The van der Waals surface area contributed by atoms with E-state index < -0.39 is 0 Å². The van der Waals surface area contributed by atoms with Gasteiger partial charge in [-0.15, -0.1) is 5.10 Å². The molecule has 0 fully saturated rings. The fourth-order valence-corrected chi connectivity index (χ4v) is 3.91. The van der Waals surface area contributed by atoms with Crippen LogP contribution in [0.4, 0.5) is 0 Å². The number of nitrogens with zero attached hydrogens (tertiary/aromatic N) is 3. The van der Waals surface area contributed by atoms with Gasteiger partial charge >= 0.3 is 0 Å². The maximum Gasteiger partial charge on any atom is 0.291 e. The minimum absolute atomic E-state index is 0.243. The van der Waals surface area contributed by atoms with Crippen molar-refractivity contribution in [3.8, 4) is 34.4 Å². The van der Waals surface area contributed by atoms with Crippen molar-refractivity contribution in [2.75, 3.05) is 28.4 Å². The second kappa shape index (κ2) is 8.03. The first-order valence-corrected chi connectivity index (χ1v) is 9.75. The van der Waals surface area contributed by atoms with Gasteiger partial charge < -0.3 is 18.9 Å². The van der Waals surface area contributed by atoms with Crippen LogP contribution in [0.5, 0.6) is 23.0 Å². The van der Waals surface area contributed by atoms with Crippen molar-refractivity contribution in [1.82, 2.24) is 14.6 Å². The molecule has 0 saturated carbocycles. The van der Waals surface area contributed by atoms with Crippen LogP contribution in [0, 0.1) is 0 Å². The van der Waals surface area contributed by atoms with Gasteiger partial charge in [0.25, 0.3) is 5.56 Å². The molecular formula is C21H19N3O5S. The number of fused-ring (bicyclic) bond motifs is 1. The summed E-state index contributed by atoms with van der Waals surface area (Å²) in [5.74, 6) is 2.90. The topological polar surface area (TPSA) is 84.2 Å². The lowest BCUT2D eigenvalue weighted by Gasteiger charge is -2.07. The number of ether oxygens (including phenoxy) is 4. The Morgan fingerprint density at radius 3 is 2.33 bits per heavy atom. The van der Waals surface area contributed by atoms with E-state index in [1.54, 1.807) is 52.7 Å². The Kier molecular flexibility index (Phi) is 5.28. The Morgan fingerprint density at radius 1 is 0.900 bits per heavy atom. The van der Waals surface area contributed by atoms with Gasteiger partial charge in [0.05, 0.1) is 33.0 Å². The van der Waals surface area contributed by atoms with E-state index in [2.05, 4.69) is 10.1 Å². The Morgan fingerprint density at radius 2 is 1.67 bits per heavy atom. The van der Waals surface area contributed by atoms with Crippen molar-refractivity contribution in [3.63, 3.8) is 0 Å². The third-order valence-corrected chi connectivity index (χ3v) is 5.51. The molecular weight excluding hydrogens is 406 g/mol. The first-order chi connectivity index (χ1) is 14.6. The van der Waals surface area contributed by atoms with Crippen LogP contribution in [-0.2, 0) is 0 Å². The molecule has 0 spiro atoms. The molecule has 0 unspecified atom stereocenters. The molecule has 0 bridgehead atoms. The predicted molar refractivity (Wildman–Crippen MR) is 114 cm³/mol. The molecule has 0 radical (unpaired) electrons. The summed E-state index contributed by atoms with van der Waals surface area (Å²) in [7, 11) is 6.29. The summed E-state index contributed by atoms with van der Waals surface area (Å²) in [6.45, 7) is 0. The molecule has 30 heavy (non-hydrogen) atoms. The molecule has 0 aliphatic rings. The second-order valence-corrected chi connectivity index (χ2v) is 7.23. The van der Waals surface area contributed by atoms with Crippen LogP contribution >= 0.6 is 11.3 Å². The quantitative estimate of drug-likeness (QED) is 0.469. The molecule has 0 saturated heterocycles. The van der Waals surface area contributed by atoms with Crippen LogP contribution in [-0.4, -0.2) is 43.0 Å². The predicted octanol–water partition coefficient (Wildman–Crippen LogP) is 2.40. The van der Waals surface area contributed by atoms with E-state index in [0.717, 1.165) is 11.1 Å². The van der Waals surface area contributed by atoms with Crippen LogP contribution in [0.1, 0.15) is 5.56 Å². The number of methoxy groups -OCH3 is 4. The number of aromatic nitrogens is 3. The van der Waals surface area contributed by atoms with E-state index in [4.69, 9.17) is 18.9 Å². The largest absolute Gasteiger partial charge is 0.497 e. The maximum absolute atomic E-state index is 12.9. The number of hydrogen-bond acceptors (Lipinski definition) is 8. The summed E-state index contributed by atoms with van der Waals surface area (Å²) < 4.78 is 23.0.